The third-order valence-corrected chi connectivity index (χ3v) is 3.95. The highest BCUT2D eigenvalue weighted by molar-refractivity contribution is 7.90. The number of nitrogen functional groups attached to an aromatic ring is 1. The SMILES string of the molecule is CCCCNC(=O)NS(=O)(=O)c1cc(N)cc(Cl)c1F. The number of nitrogens with two attached hydrogens (primary N) is 1. The Morgan fingerprint density at radius 1 is 1.45 bits per heavy atom. The predicted molar refractivity (Wildman–Crippen MR) is 74.5 cm³/mol. The molecule has 0 aromatic heterocycles. The van der Waals surface area contributed by atoms with E-state index in [0.717, 1.165) is 18.6 Å². The van der Waals surface area contributed by atoms with E-state index in [2.05, 4.69) is 5.32 Å². The van der Waals surface area contributed by atoms with Crippen molar-refractivity contribution in [1.29, 1.82) is 0 Å². The minimum absolute atomic E-state index is 0.0248. The maximum absolute atomic E-state index is 13.7. The van der Waals surface area contributed by atoms with Gasteiger partial charge in [0, 0.05) is 12.2 Å². The van der Waals surface area contributed by atoms with Gasteiger partial charge >= 0.3 is 6.03 Å². The molecule has 0 saturated heterocycles. The topological polar surface area (TPSA) is 101 Å². The van der Waals surface area contributed by atoms with E-state index in [1.54, 1.807) is 4.72 Å². The molecule has 6 nitrogen and oxygen atoms in total. The lowest BCUT2D eigenvalue weighted by Crippen LogP contribution is -2.40. The van der Waals surface area contributed by atoms with Crippen molar-refractivity contribution in [2.24, 2.45) is 0 Å². The highest BCUT2D eigenvalue weighted by Gasteiger charge is 2.24. The summed E-state index contributed by atoms with van der Waals surface area (Å²) >= 11 is 5.52. The molecule has 0 aliphatic heterocycles. The molecular formula is C11H15ClFN3O3S. The maximum atomic E-state index is 13.7. The van der Waals surface area contributed by atoms with E-state index in [9.17, 15) is 17.6 Å². The van der Waals surface area contributed by atoms with Crippen LogP contribution in [0.25, 0.3) is 0 Å². The van der Waals surface area contributed by atoms with Crippen LogP contribution in [0.4, 0.5) is 14.9 Å². The Morgan fingerprint density at radius 2 is 2.10 bits per heavy atom. The van der Waals surface area contributed by atoms with E-state index in [0.29, 0.717) is 13.0 Å². The Balaban J connectivity index is 2.92. The van der Waals surface area contributed by atoms with Crippen LogP contribution in [-0.2, 0) is 10.0 Å². The number of halogens is 2. The van der Waals surface area contributed by atoms with Gasteiger partial charge in [-0.1, -0.05) is 24.9 Å². The van der Waals surface area contributed by atoms with Crippen LogP contribution in [0.5, 0.6) is 0 Å². The normalized spacial score (nSPS) is 11.2. The smallest absolute Gasteiger partial charge is 0.328 e. The van der Waals surface area contributed by atoms with Gasteiger partial charge in [-0.05, 0) is 18.6 Å². The number of amides is 2. The Hall–Kier alpha value is -1.54. The highest BCUT2D eigenvalue weighted by atomic mass is 35.5. The van der Waals surface area contributed by atoms with Crippen molar-refractivity contribution in [3.63, 3.8) is 0 Å². The molecule has 0 heterocycles. The van der Waals surface area contributed by atoms with E-state index in [1.807, 2.05) is 6.92 Å². The maximum Gasteiger partial charge on any atom is 0.328 e. The summed E-state index contributed by atoms with van der Waals surface area (Å²) in [4.78, 5) is 10.6. The van der Waals surface area contributed by atoms with E-state index in [1.165, 1.54) is 0 Å². The number of hydrogen-bond acceptors (Lipinski definition) is 4. The lowest BCUT2D eigenvalue weighted by Gasteiger charge is -2.10. The van der Waals surface area contributed by atoms with Gasteiger partial charge in [-0.2, -0.15) is 0 Å². The van der Waals surface area contributed by atoms with Crippen molar-refractivity contribution < 1.29 is 17.6 Å². The minimum Gasteiger partial charge on any atom is -0.399 e. The molecule has 2 amide bonds. The number of carbonyl (C=O) groups excluding carboxylic acids is 1. The average Bonchev–Trinajstić information content (AvgIpc) is 2.33. The van der Waals surface area contributed by atoms with Crippen molar-refractivity contribution in [2.45, 2.75) is 24.7 Å². The van der Waals surface area contributed by atoms with E-state index in [-0.39, 0.29) is 5.69 Å². The third-order valence-electron chi connectivity index (χ3n) is 2.35. The van der Waals surface area contributed by atoms with Crippen molar-refractivity contribution in [1.82, 2.24) is 10.0 Å². The lowest BCUT2D eigenvalue weighted by molar-refractivity contribution is 0.245. The molecule has 0 aliphatic rings. The molecular weight excluding hydrogens is 309 g/mol. The monoisotopic (exact) mass is 323 g/mol. The summed E-state index contributed by atoms with van der Waals surface area (Å²) in [6.07, 6.45) is 1.54. The number of carbonyl (C=O) groups is 1. The molecule has 0 fully saturated rings. The molecule has 0 spiro atoms. The summed E-state index contributed by atoms with van der Waals surface area (Å²) in [5.74, 6) is -1.16. The van der Waals surface area contributed by atoms with Crippen LogP contribution < -0.4 is 15.8 Å². The van der Waals surface area contributed by atoms with Crippen LogP contribution >= 0.6 is 11.6 Å². The zero-order chi connectivity index (χ0) is 15.3. The van der Waals surface area contributed by atoms with Gasteiger partial charge in [-0.3, -0.25) is 0 Å². The van der Waals surface area contributed by atoms with Gasteiger partial charge in [0.2, 0.25) is 0 Å². The fourth-order valence-electron chi connectivity index (χ4n) is 1.37. The fourth-order valence-corrected chi connectivity index (χ4v) is 2.72. The Morgan fingerprint density at radius 3 is 2.70 bits per heavy atom. The average molecular weight is 324 g/mol. The summed E-state index contributed by atoms with van der Waals surface area (Å²) in [5.41, 5.74) is 5.39. The summed E-state index contributed by atoms with van der Waals surface area (Å²) in [6.45, 7) is 2.23. The van der Waals surface area contributed by atoms with E-state index in [4.69, 9.17) is 17.3 Å². The van der Waals surface area contributed by atoms with Crippen molar-refractivity contribution in [3.05, 3.63) is 23.0 Å². The number of rotatable bonds is 5. The largest absolute Gasteiger partial charge is 0.399 e. The second kappa shape index (κ2) is 6.76. The first-order valence-corrected chi connectivity index (χ1v) is 7.69. The molecule has 0 radical (unpaired) electrons. The van der Waals surface area contributed by atoms with E-state index >= 15 is 0 Å². The number of hydrogen-bond donors (Lipinski definition) is 3. The van der Waals surface area contributed by atoms with Crippen LogP contribution in [0.3, 0.4) is 0 Å². The molecule has 0 saturated carbocycles. The molecule has 1 rings (SSSR count). The minimum atomic E-state index is -4.37. The molecule has 9 heteroatoms. The van der Waals surface area contributed by atoms with Gasteiger partial charge in [0.25, 0.3) is 10.0 Å². The molecule has 4 N–H and O–H groups in total. The van der Waals surface area contributed by atoms with Crippen LogP contribution in [-0.4, -0.2) is 21.0 Å². The van der Waals surface area contributed by atoms with Gasteiger partial charge in [0.15, 0.2) is 5.82 Å². The van der Waals surface area contributed by atoms with Crippen LogP contribution in [0.1, 0.15) is 19.8 Å². The van der Waals surface area contributed by atoms with Crippen LogP contribution in [0.15, 0.2) is 17.0 Å². The zero-order valence-corrected chi connectivity index (χ0v) is 12.3. The summed E-state index contributed by atoms with van der Waals surface area (Å²) < 4.78 is 39.1. The summed E-state index contributed by atoms with van der Waals surface area (Å²) in [5, 5.41) is 1.91. The number of sulfonamides is 1. The van der Waals surface area contributed by atoms with Gasteiger partial charge in [0.05, 0.1) is 5.02 Å². The molecule has 0 unspecified atom stereocenters. The number of benzene rings is 1. The molecule has 0 bridgehead atoms. The first-order valence-electron chi connectivity index (χ1n) is 5.83. The van der Waals surface area contributed by atoms with Crippen molar-refractivity contribution in [3.8, 4) is 0 Å². The van der Waals surface area contributed by atoms with Gasteiger partial charge in [0.1, 0.15) is 4.90 Å². The van der Waals surface area contributed by atoms with Crippen molar-refractivity contribution >= 4 is 33.3 Å². The quantitative estimate of drug-likeness (QED) is 0.568. The van der Waals surface area contributed by atoms with Gasteiger partial charge in [-0.15, -0.1) is 0 Å². The Kier molecular flexibility index (Phi) is 5.58. The lowest BCUT2D eigenvalue weighted by atomic mass is 10.3. The molecule has 20 heavy (non-hydrogen) atoms. The first kappa shape index (κ1) is 16.5. The fraction of sp³-hybridized carbons (Fsp3) is 0.364. The summed E-state index contributed by atoms with van der Waals surface area (Å²) in [6, 6.07) is 1.04. The molecule has 0 atom stereocenters. The highest BCUT2D eigenvalue weighted by Crippen LogP contribution is 2.25. The first-order chi connectivity index (χ1) is 9.27. The zero-order valence-electron chi connectivity index (χ0n) is 10.7. The molecule has 1 aromatic rings. The number of unbranched alkanes of at least 4 members (excludes halogenated alkanes) is 1. The molecule has 0 aliphatic carbocycles. The number of anilines is 1. The predicted octanol–water partition coefficient (Wildman–Crippen LogP) is 1.85. The van der Waals surface area contributed by atoms with Gasteiger partial charge < -0.3 is 11.1 Å². The summed E-state index contributed by atoms with van der Waals surface area (Å²) in [7, 11) is -4.37. The Bertz CT molecular complexity index is 607. The number of nitrogens with one attached hydrogen (secondary N) is 2. The van der Waals surface area contributed by atoms with E-state index < -0.39 is 31.8 Å². The van der Waals surface area contributed by atoms with Crippen LogP contribution in [0.2, 0.25) is 5.02 Å². The van der Waals surface area contributed by atoms with Gasteiger partial charge in [-0.25, -0.2) is 22.3 Å². The van der Waals surface area contributed by atoms with Crippen molar-refractivity contribution in [2.75, 3.05) is 12.3 Å². The molecule has 112 valence electrons. The molecule has 1 aromatic carbocycles. The number of urea groups is 1. The third kappa shape index (κ3) is 4.24. The van der Waals surface area contributed by atoms with Crippen LogP contribution in [0, 0.1) is 5.82 Å². The second-order valence-corrected chi connectivity index (χ2v) is 6.09. The second-order valence-electron chi connectivity index (χ2n) is 4.03. The standard InChI is InChI=1S/C11H15ClFN3O3S/c1-2-3-4-15-11(17)16-20(18,19)9-6-7(14)5-8(12)10(9)13/h5-6H,2-4,14H2,1H3,(H2,15,16,17). The Labute approximate surface area is 121 Å².